The van der Waals surface area contributed by atoms with Gasteiger partial charge >= 0.3 is 0 Å². The van der Waals surface area contributed by atoms with Gasteiger partial charge in [-0.25, -0.2) is 0 Å². The number of amides is 2. The van der Waals surface area contributed by atoms with Crippen LogP contribution in [0.25, 0.3) is 0 Å². The average Bonchev–Trinajstić information content (AvgIpc) is 3.42. The first-order chi connectivity index (χ1) is 18.3. The van der Waals surface area contributed by atoms with Gasteiger partial charge in [-0.15, -0.1) is 0 Å². The predicted octanol–water partition coefficient (Wildman–Crippen LogP) is 3.82. The van der Waals surface area contributed by atoms with Crippen molar-refractivity contribution in [3.05, 3.63) is 39.5 Å². The fourth-order valence-electron chi connectivity index (χ4n) is 5.27. The fraction of sp³-hybridized carbons (Fsp3) is 0.655. The molecule has 3 unspecified atom stereocenters. The van der Waals surface area contributed by atoms with Gasteiger partial charge in [0.1, 0.15) is 18.0 Å². The zero-order chi connectivity index (χ0) is 27.5. The van der Waals surface area contributed by atoms with Crippen LogP contribution in [0.4, 0.5) is 0 Å². The highest BCUT2D eigenvalue weighted by Crippen LogP contribution is 2.32. The average molecular weight is 643 g/mol. The first kappa shape index (κ1) is 30.8. The Balaban J connectivity index is 1.83. The Morgan fingerprint density at radius 3 is 2.63 bits per heavy atom. The summed E-state index contributed by atoms with van der Waals surface area (Å²) in [5.74, 6) is 0.857. The van der Waals surface area contributed by atoms with Gasteiger partial charge in [0, 0.05) is 38.1 Å². The summed E-state index contributed by atoms with van der Waals surface area (Å²) < 4.78 is 12.8. The lowest BCUT2D eigenvalue weighted by Crippen LogP contribution is -2.55. The molecule has 1 saturated carbocycles. The lowest BCUT2D eigenvalue weighted by atomic mass is 9.87. The van der Waals surface area contributed by atoms with Crippen LogP contribution in [0.1, 0.15) is 65.2 Å². The molecule has 0 heterocycles. The number of aliphatic hydroxyl groups excluding tert-OH is 2. The van der Waals surface area contributed by atoms with Crippen molar-refractivity contribution in [2.75, 3.05) is 26.3 Å². The topological polar surface area (TPSA) is 108 Å². The van der Waals surface area contributed by atoms with Crippen molar-refractivity contribution < 1.29 is 29.3 Å². The van der Waals surface area contributed by atoms with E-state index in [2.05, 4.69) is 27.9 Å². The van der Waals surface area contributed by atoms with Crippen LogP contribution in [0.15, 0.2) is 35.9 Å². The Labute approximate surface area is 240 Å². The van der Waals surface area contributed by atoms with Gasteiger partial charge in [0.15, 0.2) is 0 Å². The van der Waals surface area contributed by atoms with Crippen LogP contribution in [0, 0.1) is 9.49 Å². The van der Waals surface area contributed by atoms with E-state index >= 15 is 0 Å². The number of hydrogen-bond donors (Lipinski definition) is 3. The van der Waals surface area contributed by atoms with Crippen LogP contribution in [0.3, 0.4) is 0 Å². The van der Waals surface area contributed by atoms with Gasteiger partial charge in [0.05, 0.1) is 22.3 Å². The maximum Gasteiger partial charge on any atom is 0.247 e. The summed E-state index contributed by atoms with van der Waals surface area (Å²) in [4.78, 5) is 28.3. The molecule has 0 bridgehead atoms. The summed E-state index contributed by atoms with van der Waals surface area (Å²) in [6, 6.07) is 6.88. The maximum absolute atomic E-state index is 13.6. The fourth-order valence-corrected chi connectivity index (χ4v) is 5.78. The van der Waals surface area contributed by atoms with Gasteiger partial charge in [0.2, 0.25) is 11.8 Å². The van der Waals surface area contributed by atoms with Gasteiger partial charge < -0.3 is 29.9 Å². The smallest absolute Gasteiger partial charge is 0.247 e. The zero-order valence-corrected chi connectivity index (χ0v) is 24.8. The number of para-hydroxylation sites is 1. The second-order valence-electron chi connectivity index (χ2n) is 10.5. The highest BCUT2D eigenvalue weighted by Gasteiger charge is 2.40. The van der Waals surface area contributed by atoms with E-state index < -0.39 is 18.2 Å². The molecule has 0 aromatic heterocycles. The van der Waals surface area contributed by atoms with Crippen molar-refractivity contribution in [1.29, 1.82) is 0 Å². The maximum atomic E-state index is 13.6. The molecule has 1 aromatic carbocycles. The van der Waals surface area contributed by atoms with Crippen molar-refractivity contribution in [3.8, 4) is 5.75 Å². The SMILES string of the molecule is CC(C)OCCCN(C(=O)CCC1CCCC1)C1CC(C(=O)NCCO)=CC(Oc2ccccc2I)C1O. The van der Waals surface area contributed by atoms with E-state index in [1.807, 2.05) is 38.1 Å². The molecular formula is C29H43IN2O6. The molecule has 3 N–H and O–H groups in total. The third-order valence-corrected chi connectivity index (χ3v) is 8.16. The lowest BCUT2D eigenvalue weighted by molar-refractivity contribution is -0.139. The van der Waals surface area contributed by atoms with Crippen molar-refractivity contribution in [1.82, 2.24) is 10.2 Å². The van der Waals surface area contributed by atoms with Crippen molar-refractivity contribution in [2.45, 2.75) is 89.6 Å². The minimum Gasteiger partial charge on any atom is -0.482 e. The van der Waals surface area contributed by atoms with Crippen LogP contribution in [0.2, 0.25) is 0 Å². The number of nitrogens with one attached hydrogen (secondary N) is 1. The van der Waals surface area contributed by atoms with Gasteiger partial charge in [-0.05, 0) is 73.4 Å². The molecule has 2 amide bonds. The molecule has 38 heavy (non-hydrogen) atoms. The number of aliphatic hydroxyl groups is 2. The van der Waals surface area contributed by atoms with Gasteiger partial charge in [-0.2, -0.15) is 0 Å². The van der Waals surface area contributed by atoms with E-state index in [9.17, 15) is 19.8 Å². The third kappa shape index (κ3) is 9.20. The quantitative estimate of drug-likeness (QED) is 0.211. The Kier molecular flexibility index (Phi) is 12.8. The van der Waals surface area contributed by atoms with Gasteiger partial charge in [0.25, 0.3) is 0 Å². The third-order valence-electron chi connectivity index (χ3n) is 7.27. The summed E-state index contributed by atoms with van der Waals surface area (Å²) in [5, 5.41) is 23.4. The highest BCUT2D eigenvalue weighted by molar-refractivity contribution is 14.1. The van der Waals surface area contributed by atoms with E-state index in [4.69, 9.17) is 9.47 Å². The largest absolute Gasteiger partial charge is 0.482 e. The van der Waals surface area contributed by atoms with Gasteiger partial charge in [-0.3, -0.25) is 9.59 Å². The molecule has 1 aromatic rings. The summed E-state index contributed by atoms with van der Waals surface area (Å²) in [5.41, 5.74) is 0.441. The standard InChI is InChI=1S/C29H43IN2O6/c1-20(2)37-17-7-15-32(27(34)13-12-21-8-3-4-9-21)24-18-22(29(36)31-14-16-33)19-26(28(24)35)38-25-11-6-5-10-23(25)30/h5-6,10-11,19-21,24,26,28,33,35H,3-4,7-9,12-18H2,1-2H3,(H,31,36). The van der Waals surface area contributed by atoms with Crippen molar-refractivity contribution >= 4 is 34.4 Å². The second kappa shape index (κ2) is 15.8. The number of ether oxygens (including phenoxy) is 2. The van der Waals surface area contributed by atoms with Crippen LogP contribution < -0.4 is 10.1 Å². The molecule has 0 saturated heterocycles. The summed E-state index contributed by atoms with van der Waals surface area (Å²) >= 11 is 2.17. The minimum atomic E-state index is -1.01. The van der Waals surface area contributed by atoms with E-state index in [1.165, 1.54) is 25.7 Å². The molecule has 3 atom stereocenters. The van der Waals surface area contributed by atoms with Gasteiger partial charge in [-0.1, -0.05) is 37.8 Å². The van der Waals surface area contributed by atoms with E-state index in [-0.39, 0.29) is 37.5 Å². The molecule has 3 rings (SSSR count). The predicted molar refractivity (Wildman–Crippen MR) is 155 cm³/mol. The highest BCUT2D eigenvalue weighted by atomic mass is 127. The minimum absolute atomic E-state index is 0.00412. The Morgan fingerprint density at radius 1 is 1.21 bits per heavy atom. The van der Waals surface area contributed by atoms with E-state index in [0.717, 1.165) is 9.99 Å². The van der Waals surface area contributed by atoms with Crippen LogP contribution >= 0.6 is 22.6 Å². The second-order valence-corrected chi connectivity index (χ2v) is 11.7. The van der Waals surface area contributed by atoms with Crippen LogP contribution in [0.5, 0.6) is 5.75 Å². The van der Waals surface area contributed by atoms with Crippen molar-refractivity contribution in [3.63, 3.8) is 0 Å². The molecular weight excluding hydrogens is 599 g/mol. The number of hydrogen-bond acceptors (Lipinski definition) is 6. The molecule has 9 heteroatoms. The number of nitrogens with zero attached hydrogens (tertiary/aromatic N) is 1. The van der Waals surface area contributed by atoms with E-state index in [0.29, 0.717) is 43.2 Å². The molecule has 8 nitrogen and oxygen atoms in total. The Morgan fingerprint density at radius 2 is 1.95 bits per heavy atom. The number of carbonyl (C=O) groups excluding carboxylic acids is 2. The Hall–Kier alpha value is -1.69. The van der Waals surface area contributed by atoms with E-state index in [1.54, 1.807) is 11.0 Å². The number of carbonyl (C=O) groups is 2. The lowest BCUT2D eigenvalue weighted by Gasteiger charge is -2.41. The first-order valence-electron chi connectivity index (χ1n) is 13.9. The summed E-state index contributed by atoms with van der Waals surface area (Å²) in [7, 11) is 0. The first-order valence-corrected chi connectivity index (χ1v) is 15.0. The van der Waals surface area contributed by atoms with Crippen LogP contribution in [-0.4, -0.2) is 77.6 Å². The molecule has 2 aliphatic carbocycles. The normalized spacial score (nSPS) is 21.8. The number of rotatable bonds is 14. The zero-order valence-electron chi connectivity index (χ0n) is 22.6. The van der Waals surface area contributed by atoms with Crippen LogP contribution in [-0.2, 0) is 14.3 Å². The molecule has 212 valence electrons. The summed E-state index contributed by atoms with van der Waals surface area (Å²) in [6.07, 6.45) is 6.85. The summed E-state index contributed by atoms with van der Waals surface area (Å²) in [6.45, 7) is 4.85. The molecule has 1 fully saturated rings. The Bertz CT molecular complexity index is 933. The molecule has 0 aliphatic heterocycles. The monoisotopic (exact) mass is 642 g/mol. The number of benzene rings is 1. The number of halogens is 1. The molecule has 0 spiro atoms. The molecule has 0 radical (unpaired) electrons. The molecule has 2 aliphatic rings. The van der Waals surface area contributed by atoms with Crippen molar-refractivity contribution in [2.24, 2.45) is 5.92 Å².